The molecule has 0 saturated carbocycles. The molecule has 0 aliphatic heterocycles. The molecule has 1 aromatic heterocycles. The summed E-state index contributed by atoms with van der Waals surface area (Å²) in [7, 11) is 0. The van der Waals surface area contributed by atoms with Crippen molar-refractivity contribution in [2.24, 2.45) is 0 Å². The van der Waals surface area contributed by atoms with Crippen LogP contribution in [0.2, 0.25) is 0 Å². The molecule has 4 N–H and O–H groups in total. The molecule has 0 amide bonds. The number of hydrogen-bond acceptors (Lipinski definition) is 3. The number of pyridine rings is 1. The Bertz CT molecular complexity index is 285. The maximum absolute atomic E-state index is 5.49. The molecule has 0 fully saturated rings. The van der Waals surface area contributed by atoms with Crippen LogP contribution < -0.4 is 11.5 Å². The van der Waals surface area contributed by atoms with E-state index in [4.69, 9.17) is 17.9 Å². The van der Waals surface area contributed by atoms with Crippen molar-refractivity contribution in [2.75, 3.05) is 11.5 Å². The van der Waals surface area contributed by atoms with E-state index >= 15 is 0 Å². The van der Waals surface area contributed by atoms with Gasteiger partial charge in [-0.2, -0.15) is 0 Å². The number of aromatic nitrogens is 1. The quantitative estimate of drug-likeness (QED) is 0.498. The summed E-state index contributed by atoms with van der Waals surface area (Å²) in [5, 5.41) is 0. The van der Waals surface area contributed by atoms with E-state index in [0.717, 1.165) is 0 Å². The highest BCUT2D eigenvalue weighted by molar-refractivity contribution is 5.69. The van der Waals surface area contributed by atoms with E-state index in [2.05, 4.69) is 10.9 Å². The Balaban J connectivity index is 3.31. The molecule has 0 aromatic carbocycles. The normalized spacial score (nSPS) is 8.70. The molecule has 3 nitrogen and oxygen atoms in total. The van der Waals surface area contributed by atoms with Crippen molar-refractivity contribution in [1.82, 2.24) is 4.98 Å². The van der Waals surface area contributed by atoms with Crippen molar-refractivity contribution in [3.63, 3.8) is 0 Å². The second kappa shape index (κ2) is 2.28. The zero-order valence-electron chi connectivity index (χ0n) is 5.33. The van der Waals surface area contributed by atoms with E-state index in [0.29, 0.717) is 16.9 Å². The minimum atomic E-state index is 0.426. The second-order valence-electron chi connectivity index (χ2n) is 1.83. The molecular weight excluding hydrogens is 126 g/mol. The number of nitrogen functional groups attached to an aromatic ring is 2. The first kappa shape index (κ1) is 6.43. The van der Waals surface area contributed by atoms with Gasteiger partial charge in [-0.1, -0.05) is 5.92 Å². The molecule has 10 heavy (non-hydrogen) atoms. The number of rotatable bonds is 0. The van der Waals surface area contributed by atoms with Gasteiger partial charge in [0.25, 0.3) is 0 Å². The topological polar surface area (TPSA) is 64.9 Å². The minimum Gasteiger partial charge on any atom is -0.396 e. The van der Waals surface area contributed by atoms with E-state index in [1.54, 1.807) is 0 Å². The Morgan fingerprint density at radius 3 is 2.60 bits per heavy atom. The van der Waals surface area contributed by atoms with Crippen LogP contribution >= 0.6 is 0 Å². The van der Waals surface area contributed by atoms with Gasteiger partial charge in [0.2, 0.25) is 0 Å². The maximum atomic E-state index is 5.49. The van der Waals surface area contributed by atoms with Crippen LogP contribution in [0.25, 0.3) is 0 Å². The highest BCUT2D eigenvalue weighted by Crippen LogP contribution is 2.15. The summed E-state index contributed by atoms with van der Waals surface area (Å²) in [6, 6.07) is 0. The fourth-order valence-corrected chi connectivity index (χ4v) is 0.602. The Hall–Kier alpha value is -1.69. The zero-order chi connectivity index (χ0) is 7.56. The van der Waals surface area contributed by atoms with Crippen molar-refractivity contribution in [3.05, 3.63) is 18.0 Å². The lowest BCUT2D eigenvalue weighted by molar-refractivity contribution is 1.32. The van der Waals surface area contributed by atoms with Gasteiger partial charge >= 0.3 is 0 Å². The van der Waals surface area contributed by atoms with Gasteiger partial charge in [0, 0.05) is 6.20 Å². The Kier molecular flexibility index (Phi) is 1.46. The minimum absolute atomic E-state index is 0.426. The van der Waals surface area contributed by atoms with Gasteiger partial charge < -0.3 is 11.5 Å². The Morgan fingerprint density at radius 1 is 1.40 bits per heavy atom. The summed E-state index contributed by atoms with van der Waals surface area (Å²) in [5.41, 5.74) is 12.3. The van der Waals surface area contributed by atoms with Crippen molar-refractivity contribution >= 4 is 11.4 Å². The van der Waals surface area contributed by atoms with E-state index in [-0.39, 0.29) is 0 Å². The lowest BCUT2D eigenvalue weighted by Crippen LogP contribution is -1.98. The molecule has 0 bridgehead atoms. The number of hydrogen-bond donors (Lipinski definition) is 2. The highest BCUT2D eigenvalue weighted by atomic mass is 14.7. The van der Waals surface area contributed by atoms with Crippen LogP contribution in [-0.4, -0.2) is 4.98 Å². The smallest absolute Gasteiger partial charge is 0.0747 e. The van der Waals surface area contributed by atoms with Crippen molar-refractivity contribution in [1.29, 1.82) is 0 Å². The summed E-state index contributed by atoms with van der Waals surface area (Å²) in [6.07, 6.45) is 8.07. The highest BCUT2D eigenvalue weighted by Gasteiger charge is 1.97. The third-order valence-corrected chi connectivity index (χ3v) is 1.17. The fraction of sp³-hybridized carbons (Fsp3) is 0. The molecule has 3 heteroatoms. The lowest BCUT2D eigenvalue weighted by Gasteiger charge is -1.99. The van der Waals surface area contributed by atoms with Crippen LogP contribution in [0.4, 0.5) is 11.4 Å². The van der Waals surface area contributed by atoms with Crippen LogP contribution in [0, 0.1) is 12.3 Å². The fourth-order valence-electron chi connectivity index (χ4n) is 0.602. The van der Waals surface area contributed by atoms with Crippen LogP contribution in [0.3, 0.4) is 0 Å². The number of nitrogens with zero attached hydrogens (tertiary/aromatic N) is 1. The third kappa shape index (κ3) is 0.869. The summed E-state index contributed by atoms with van der Waals surface area (Å²) in [4.78, 5) is 3.77. The molecule has 0 aliphatic rings. The number of nitrogens with two attached hydrogens (primary N) is 2. The van der Waals surface area contributed by atoms with E-state index < -0.39 is 0 Å². The number of terminal acetylenes is 1. The predicted molar refractivity (Wildman–Crippen MR) is 41.0 cm³/mol. The van der Waals surface area contributed by atoms with Crippen molar-refractivity contribution < 1.29 is 0 Å². The van der Waals surface area contributed by atoms with Crippen molar-refractivity contribution in [3.8, 4) is 12.3 Å². The zero-order valence-corrected chi connectivity index (χ0v) is 5.33. The van der Waals surface area contributed by atoms with Gasteiger partial charge in [-0.25, -0.2) is 0 Å². The Labute approximate surface area is 59.1 Å². The summed E-state index contributed by atoms with van der Waals surface area (Å²) in [6.45, 7) is 0. The molecule has 0 unspecified atom stereocenters. The van der Waals surface area contributed by atoms with E-state index in [1.165, 1.54) is 12.4 Å². The lowest BCUT2D eigenvalue weighted by atomic mass is 10.2. The van der Waals surface area contributed by atoms with E-state index in [9.17, 15) is 0 Å². The molecule has 1 aromatic rings. The molecule has 1 heterocycles. The third-order valence-electron chi connectivity index (χ3n) is 1.17. The number of anilines is 2. The van der Waals surface area contributed by atoms with Gasteiger partial charge in [0.05, 0.1) is 23.1 Å². The largest absolute Gasteiger partial charge is 0.396 e. The summed E-state index contributed by atoms with van der Waals surface area (Å²) < 4.78 is 0. The molecule has 1 rings (SSSR count). The average molecular weight is 133 g/mol. The molecule has 0 spiro atoms. The summed E-state index contributed by atoms with van der Waals surface area (Å²) >= 11 is 0. The average Bonchev–Trinajstić information content (AvgIpc) is 1.95. The van der Waals surface area contributed by atoms with Gasteiger partial charge in [0.15, 0.2) is 0 Å². The van der Waals surface area contributed by atoms with Crippen LogP contribution in [0.15, 0.2) is 12.4 Å². The molecule has 0 aliphatic carbocycles. The molecule has 0 radical (unpaired) electrons. The molecule has 0 saturated heterocycles. The van der Waals surface area contributed by atoms with Crippen LogP contribution in [-0.2, 0) is 0 Å². The van der Waals surface area contributed by atoms with Gasteiger partial charge in [-0.15, -0.1) is 6.42 Å². The van der Waals surface area contributed by atoms with Gasteiger partial charge in [-0.3, -0.25) is 4.98 Å². The maximum Gasteiger partial charge on any atom is 0.0747 e. The molecular formula is C7H7N3. The predicted octanol–water partition coefficient (Wildman–Crippen LogP) is 0.227. The summed E-state index contributed by atoms with van der Waals surface area (Å²) in [5.74, 6) is 2.37. The second-order valence-corrected chi connectivity index (χ2v) is 1.83. The van der Waals surface area contributed by atoms with Crippen LogP contribution in [0.1, 0.15) is 5.56 Å². The van der Waals surface area contributed by atoms with E-state index in [1.807, 2.05) is 0 Å². The molecule has 0 atom stereocenters. The first-order valence-corrected chi connectivity index (χ1v) is 2.71. The van der Waals surface area contributed by atoms with Gasteiger partial charge in [0.1, 0.15) is 0 Å². The SMILES string of the molecule is C#Cc1cncc(N)c1N. The molecule has 50 valence electrons. The Morgan fingerprint density at radius 2 is 2.10 bits per heavy atom. The van der Waals surface area contributed by atoms with Crippen LogP contribution in [0.5, 0.6) is 0 Å². The van der Waals surface area contributed by atoms with Crippen molar-refractivity contribution in [2.45, 2.75) is 0 Å². The first-order valence-electron chi connectivity index (χ1n) is 2.71. The monoisotopic (exact) mass is 133 g/mol. The van der Waals surface area contributed by atoms with Gasteiger partial charge in [-0.05, 0) is 0 Å². The first-order chi connectivity index (χ1) is 4.75. The standard InChI is InChI=1S/C7H7N3/c1-2-5-3-10-4-6(8)7(5)9/h1,3-4H,8H2,(H2,9,10).